The second-order valence-corrected chi connectivity index (χ2v) is 9.07. The molecule has 0 aliphatic carbocycles. The van der Waals surface area contributed by atoms with Crippen molar-refractivity contribution in [1.29, 1.82) is 5.26 Å². The summed E-state index contributed by atoms with van der Waals surface area (Å²) in [5.74, 6) is -1.19. The number of para-hydroxylation sites is 1. The number of hydrogen-bond donors (Lipinski definition) is 0. The Morgan fingerprint density at radius 3 is 2.42 bits per heavy atom. The van der Waals surface area contributed by atoms with Gasteiger partial charge < -0.3 is 9.47 Å². The lowest BCUT2D eigenvalue weighted by Crippen LogP contribution is -2.22. The van der Waals surface area contributed by atoms with E-state index in [1.165, 1.54) is 18.2 Å². The average Bonchev–Trinajstić information content (AvgIpc) is 3.23. The molecule has 4 aromatic rings. The van der Waals surface area contributed by atoms with Gasteiger partial charge in [-0.25, -0.2) is 4.39 Å². The van der Waals surface area contributed by atoms with Crippen molar-refractivity contribution in [3.05, 3.63) is 95.1 Å². The van der Waals surface area contributed by atoms with Crippen molar-refractivity contribution in [1.82, 2.24) is 0 Å². The fourth-order valence-corrected chi connectivity index (χ4v) is 4.93. The van der Waals surface area contributed by atoms with Crippen molar-refractivity contribution in [3.63, 3.8) is 0 Å². The van der Waals surface area contributed by atoms with Crippen LogP contribution in [-0.2, 0) is 9.53 Å². The van der Waals surface area contributed by atoms with E-state index >= 15 is 0 Å². The third kappa shape index (κ3) is 5.05. The molecule has 0 aliphatic heterocycles. The molecule has 2 atom stereocenters. The van der Waals surface area contributed by atoms with Crippen LogP contribution in [0, 0.1) is 23.1 Å². The fraction of sp³-hybridized carbons (Fsp3) is 0.185. The molecule has 0 saturated carbocycles. The first-order valence-electron chi connectivity index (χ1n) is 10.6. The average molecular weight is 460 g/mol. The SMILES string of the molecule is CC(C)C(C(=O)OC(C#N)c1ccc(F)c(Oc2ccccc2)c1)c1cc2ccccc2s1. The van der Waals surface area contributed by atoms with Crippen molar-refractivity contribution in [3.8, 4) is 17.6 Å². The van der Waals surface area contributed by atoms with Gasteiger partial charge in [0.25, 0.3) is 0 Å². The smallest absolute Gasteiger partial charge is 0.316 e. The van der Waals surface area contributed by atoms with Crippen molar-refractivity contribution in [2.24, 2.45) is 5.92 Å². The second-order valence-electron chi connectivity index (χ2n) is 7.96. The van der Waals surface area contributed by atoms with Crippen LogP contribution in [0.1, 0.15) is 36.3 Å². The number of ether oxygens (including phenoxy) is 2. The Bertz CT molecular complexity index is 1280. The largest absolute Gasteiger partial charge is 0.454 e. The maximum absolute atomic E-state index is 14.3. The molecular weight excluding hydrogens is 437 g/mol. The Morgan fingerprint density at radius 2 is 1.73 bits per heavy atom. The van der Waals surface area contributed by atoms with Crippen LogP contribution in [0.3, 0.4) is 0 Å². The molecule has 0 N–H and O–H groups in total. The summed E-state index contributed by atoms with van der Waals surface area (Å²) in [5, 5.41) is 10.8. The zero-order valence-corrected chi connectivity index (χ0v) is 19.0. The molecule has 2 unspecified atom stereocenters. The highest BCUT2D eigenvalue weighted by atomic mass is 32.1. The molecule has 3 aromatic carbocycles. The van der Waals surface area contributed by atoms with Crippen molar-refractivity contribution in [2.45, 2.75) is 25.9 Å². The molecule has 0 bridgehead atoms. The second kappa shape index (κ2) is 9.85. The van der Waals surface area contributed by atoms with Gasteiger partial charge in [0.05, 0.1) is 5.92 Å². The van der Waals surface area contributed by atoms with Crippen LogP contribution in [0.5, 0.6) is 11.5 Å². The number of nitriles is 1. The van der Waals surface area contributed by atoms with Crippen molar-refractivity contribution >= 4 is 27.4 Å². The van der Waals surface area contributed by atoms with Crippen LogP contribution < -0.4 is 4.74 Å². The topological polar surface area (TPSA) is 59.3 Å². The van der Waals surface area contributed by atoms with Gasteiger partial charge in [-0.3, -0.25) is 4.79 Å². The van der Waals surface area contributed by atoms with E-state index in [1.54, 1.807) is 35.6 Å². The highest BCUT2D eigenvalue weighted by Crippen LogP contribution is 2.37. The maximum atomic E-state index is 14.3. The number of fused-ring (bicyclic) bond motifs is 1. The predicted octanol–water partition coefficient (Wildman–Crippen LogP) is 7.38. The summed E-state index contributed by atoms with van der Waals surface area (Å²) in [6.45, 7) is 3.89. The Kier molecular flexibility index (Phi) is 6.71. The maximum Gasteiger partial charge on any atom is 0.316 e. The van der Waals surface area contributed by atoms with E-state index in [2.05, 4.69) is 0 Å². The quantitative estimate of drug-likeness (QED) is 0.271. The van der Waals surface area contributed by atoms with Crippen LogP contribution in [0.2, 0.25) is 0 Å². The van der Waals surface area contributed by atoms with Gasteiger partial charge in [-0.15, -0.1) is 11.3 Å². The van der Waals surface area contributed by atoms with E-state index in [0.717, 1.165) is 15.0 Å². The lowest BCUT2D eigenvalue weighted by molar-refractivity contribution is -0.149. The van der Waals surface area contributed by atoms with Crippen LogP contribution in [0.4, 0.5) is 4.39 Å². The standard InChI is InChI=1S/C27H22FNO3S/c1-17(2)26(25-15-19-8-6-7-11-24(19)33-25)27(30)32-23(16-29)18-12-13-21(28)22(14-18)31-20-9-4-3-5-10-20/h3-15,17,23,26H,1-2H3. The minimum atomic E-state index is -1.19. The van der Waals surface area contributed by atoms with Gasteiger partial charge in [-0.1, -0.05) is 56.3 Å². The number of hydrogen-bond acceptors (Lipinski definition) is 5. The number of carbonyl (C=O) groups excluding carboxylic acids is 1. The summed E-state index contributed by atoms with van der Waals surface area (Å²) in [5.41, 5.74) is 0.344. The van der Waals surface area contributed by atoms with Gasteiger partial charge in [-0.05, 0) is 47.7 Å². The number of rotatable bonds is 7. The normalized spacial score (nSPS) is 12.8. The highest BCUT2D eigenvalue weighted by molar-refractivity contribution is 7.19. The van der Waals surface area contributed by atoms with Crippen LogP contribution in [-0.4, -0.2) is 5.97 Å². The molecule has 166 valence electrons. The molecule has 0 aliphatic rings. The molecule has 0 fully saturated rings. The molecule has 1 aromatic heterocycles. The number of thiophene rings is 1. The molecule has 4 nitrogen and oxygen atoms in total. The first kappa shape index (κ1) is 22.5. The van der Waals surface area contributed by atoms with Gasteiger partial charge in [0.1, 0.15) is 11.8 Å². The summed E-state index contributed by atoms with van der Waals surface area (Å²) in [4.78, 5) is 14.1. The summed E-state index contributed by atoms with van der Waals surface area (Å²) >= 11 is 1.54. The third-order valence-electron chi connectivity index (χ3n) is 5.25. The number of benzene rings is 3. The highest BCUT2D eigenvalue weighted by Gasteiger charge is 2.30. The third-order valence-corrected chi connectivity index (χ3v) is 6.45. The van der Waals surface area contributed by atoms with Crippen LogP contribution >= 0.6 is 11.3 Å². The summed E-state index contributed by atoms with van der Waals surface area (Å²) in [7, 11) is 0. The van der Waals surface area contributed by atoms with Crippen molar-refractivity contribution in [2.75, 3.05) is 0 Å². The van der Waals surface area contributed by atoms with Gasteiger partial charge in [0.15, 0.2) is 11.6 Å². The molecule has 0 radical (unpaired) electrons. The number of halogens is 1. The predicted molar refractivity (Wildman–Crippen MR) is 127 cm³/mol. The Hall–Kier alpha value is -3.69. The molecule has 6 heteroatoms. The van der Waals surface area contributed by atoms with Gasteiger partial charge in [0.2, 0.25) is 6.10 Å². The summed E-state index contributed by atoms with van der Waals surface area (Å²) in [6, 6.07) is 24.7. The van der Waals surface area contributed by atoms with E-state index < -0.39 is 23.8 Å². The Morgan fingerprint density at radius 1 is 1.00 bits per heavy atom. The van der Waals surface area contributed by atoms with Gasteiger partial charge in [-0.2, -0.15) is 5.26 Å². The number of esters is 1. The summed E-state index contributed by atoms with van der Waals surface area (Å²) in [6.07, 6.45) is -1.19. The van der Waals surface area contributed by atoms with Gasteiger partial charge >= 0.3 is 5.97 Å². The zero-order chi connectivity index (χ0) is 23.4. The lowest BCUT2D eigenvalue weighted by atomic mass is 9.94. The van der Waals surface area contributed by atoms with Gasteiger partial charge in [0, 0.05) is 15.1 Å². The van der Waals surface area contributed by atoms with E-state index in [1.807, 2.05) is 56.3 Å². The van der Waals surface area contributed by atoms with E-state index in [-0.39, 0.29) is 11.7 Å². The number of nitrogens with zero attached hydrogens (tertiary/aromatic N) is 1. The Labute approximate surface area is 195 Å². The molecular formula is C27H22FNO3S. The van der Waals surface area contributed by atoms with Crippen molar-refractivity contribution < 1.29 is 18.7 Å². The van der Waals surface area contributed by atoms with E-state index in [0.29, 0.717) is 11.3 Å². The summed E-state index contributed by atoms with van der Waals surface area (Å²) < 4.78 is 26.7. The minimum Gasteiger partial charge on any atom is -0.454 e. The molecule has 33 heavy (non-hydrogen) atoms. The number of carbonyl (C=O) groups is 1. The zero-order valence-electron chi connectivity index (χ0n) is 18.2. The first-order valence-corrected chi connectivity index (χ1v) is 11.4. The van der Waals surface area contributed by atoms with Crippen LogP contribution in [0.15, 0.2) is 78.9 Å². The first-order chi connectivity index (χ1) is 16.0. The molecule has 1 heterocycles. The lowest BCUT2D eigenvalue weighted by Gasteiger charge is -2.20. The minimum absolute atomic E-state index is 0.0323. The molecule has 0 spiro atoms. The fourth-order valence-electron chi connectivity index (χ4n) is 3.61. The molecule has 0 amide bonds. The van der Waals surface area contributed by atoms with E-state index in [9.17, 15) is 14.4 Å². The Balaban J connectivity index is 1.58. The van der Waals surface area contributed by atoms with Crippen LogP contribution in [0.25, 0.3) is 10.1 Å². The van der Waals surface area contributed by atoms with E-state index in [4.69, 9.17) is 9.47 Å². The molecule has 4 rings (SSSR count). The monoisotopic (exact) mass is 459 g/mol. The molecule has 0 saturated heterocycles.